The number of nitrogens with one attached hydrogen (secondary N) is 1. The van der Waals surface area contributed by atoms with E-state index in [1.165, 1.54) is 24.8 Å². The summed E-state index contributed by atoms with van der Waals surface area (Å²) in [5.74, 6) is 0.494. The molecule has 1 N–H and O–H groups in total. The Kier molecular flexibility index (Phi) is 5.54. The van der Waals surface area contributed by atoms with Crippen LogP contribution in [-0.2, 0) is 11.3 Å². The molecule has 2 fully saturated rings. The zero-order valence-electron chi connectivity index (χ0n) is 15.1. The van der Waals surface area contributed by atoms with E-state index in [1.54, 1.807) is 0 Å². The zero-order valence-corrected chi connectivity index (χ0v) is 15.1. The lowest BCUT2D eigenvalue weighted by atomic mass is 9.68. The Morgan fingerprint density at radius 2 is 1.92 bits per heavy atom. The fourth-order valence-corrected chi connectivity index (χ4v) is 4.26. The van der Waals surface area contributed by atoms with Crippen molar-refractivity contribution in [3.8, 4) is 0 Å². The average Bonchev–Trinajstić information content (AvgIpc) is 2.57. The van der Waals surface area contributed by atoms with E-state index in [9.17, 15) is 4.79 Å². The molecule has 1 aliphatic heterocycles. The molecule has 132 valence electrons. The van der Waals surface area contributed by atoms with Crippen LogP contribution in [0.1, 0.15) is 57.9 Å². The van der Waals surface area contributed by atoms with E-state index in [1.807, 2.05) is 12.4 Å². The maximum absolute atomic E-state index is 12.7. The van der Waals surface area contributed by atoms with Crippen molar-refractivity contribution in [1.82, 2.24) is 15.2 Å². The highest BCUT2D eigenvalue weighted by Gasteiger charge is 2.37. The van der Waals surface area contributed by atoms with Gasteiger partial charge in [-0.3, -0.25) is 14.7 Å². The molecule has 1 atom stereocenters. The number of carbonyl (C=O) groups is 1. The largest absolute Gasteiger partial charge is 0.353 e. The minimum absolute atomic E-state index is 0.157. The maximum Gasteiger partial charge on any atom is 0.223 e. The van der Waals surface area contributed by atoms with Crippen molar-refractivity contribution >= 4 is 5.91 Å². The summed E-state index contributed by atoms with van der Waals surface area (Å²) in [5.41, 5.74) is 1.47. The lowest BCUT2D eigenvalue weighted by Gasteiger charge is -2.39. The molecular formula is C20H31N3O. The Morgan fingerprint density at radius 3 is 2.58 bits per heavy atom. The number of nitrogens with zero attached hydrogens (tertiary/aromatic N) is 2. The second kappa shape index (κ2) is 7.64. The van der Waals surface area contributed by atoms with Crippen molar-refractivity contribution in [2.45, 2.75) is 65.0 Å². The van der Waals surface area contributed by atoms with E-state index < -0.39 is 0 Å². The molecular weight excluding hydrogens is 298 g/mol. The predicted octanol–water partition coefficient (Wildman–Crippen LogP) is 3.38. The predicted molar refractivity (Wildman–Crippen MR) is 96.4 cm³/mol. The lowest BCUT2D eigenvalue weighted by Crippen LogP contribution is -2.49. The molecule has 0 bridgehead atoms. The summed E-state index contributed by atoms with van der Waals surface area (Å²) in [6.07, 6.45) is 10.5. The van der Waals surface area contributed by atoms with Gasteiger partial charge in [-0.05, 0) is 48.8 Å². The molecule has 0 aromatic carbocycles. The molecule has 3 rings (SSSR count). The number of hydrogen-bond acceptors (Lipinski definition) is 3. The van der Waals surface area contributed by atoms with Crippen molar-refractivity contribution < 1.29 is 4.79 Å². The molecule has 1 aromatic heterocycles. The van der Waals surface area contributed by atoms with Gasteiger partial charge in [0.25, 0.3) is 0 Å². The molecule has 2 heterocycles. The van der Waals surface area contributed by atoms with Crippen LogP contribution >= 0.6 is 0 Å². The Labute approximate surface area is 146 Å². The van der Waals surface area contributed by atoms with E-state index >= 15 is 0 Å². The van der Waals surface area contributed by atoms with E-state index in [0.29, 0.717) is 11.9 Å². The van der Waals surface area contributed by atoms with Crippen molar-refractivity contribution in [3.63, 3.8) is 0 Å². The van der Waals surface area contributed by atoms with E-state index in [4.69, 9.17) is 0 Å². The monoisotopic (exact) mass is 329 g/mol. The van der Waals surface area contributed by atoms with Crippen LogP contribution in [-0.4, -0.2) is 34.9 Å². The first-order valence-corrected chi connectivity index (χ1v) is 9.46. The fraction of sp³-hybridized carbons (Fsp3) is 0.700. The third-order valence-electron chi connectivity index (χ3n) is 5.91. The first kappa shape index (κ1) is 17.4. The van der Waals surface area contributed by atoms with Crippen molar-refractivity contribution in [2.24, 2.45) is 11.3 Å². The van der Waals surface area contributed by atoms with Gasteiger partial charge in [0.05, 0.1) is 0 Å². The molecule has 1 saturated carbocycles. The number of pyridine rings is 1. The highest BCUT2D eigenvalue weighted by Crippen LogP contribution is 2.40. The summed E-state index contributed by atoms with van der Waals surface area (Å²) in [5, 5.41) is 3.35. The van der Waals surface area contributed by atoms with Gasteiger partial charge in [0.2, 0.25) is 5.91 Å². The maximum atomic E-state index is 12.7. The summed E-state index contributed by atoms with van der Waals surface area (Å²) in [7, 11) is 0. The molecule has 0 radical (unpaired) electrons. The van der Waals surface area contributed by atoms with E-state index in [2.05, 4.69) is 41.2 Å². The van der Waals surface area contributed by atoms with Crippen molar-refractivity contribution in [1.29, 1.82) is 0 Å². The molecule has 1 aromatic rings. The van der Waals surface area contributed by atoms with Crippen LogP contribution in [0.25, 0.3) is 0 Å². The van der Waals surface area contributed by atoms with Crippen LogP contribution in [0.2, 0.25) is 0 Å². The molecule has 4 heteroatoms. The molecule has 1 amide bonds. The standard InChI is InChI=1S/C20H31N3O/c1-20(2)10-4-3-5-18(20)19(24)22-17-8-13-23(14-9-17)15-16-6-11-21-12-7-16/h6-7,11-12,17-18H,3-5,8-10,13-15H2,1-2H3,(H,22,24). The van der Waals surface area contributed by atoms with Crippen molar-refractivity contribution in [3.05, 3.63) is 30.1 Å². The van der Waals surface area contributed by atoms with Gasteiger partial charge in [0.1, 0.15) is 0 Å². The third-order valence-corrected chi connectivity index (χ3v) is 5.91. The van der Waals surface area contributed by atoms with Crippen LogP contribution in [0, 0.1) is 11.3 Å². The number of amides is 1. The fourth-order valence-electron chi connectivity index (χ4n) is 4.26. The minimum atomic E-state index is 0.157. The van der Waals surface area contributed by atoms with Crippen LogP contribution in [0.15, 0.2) is 24.5 Å². The van der Waals surface area contributed by atoms with Crippen LogP contribution < -0.4 is 5.32 Å². The van der Waals surface area contributed by atoms with Gasteiger partial charge in [-0.2, -0.15) is 0 Å². The number of carbonyl (C=O) groups excluding carboxylic acids is 1. The van der Waals surface area contributed by atoms with Gasteiger partial charge in [0, 0.05) is 44.0 Å². The second-order valence-corrected chi connectivity index (χ2v) is 8.20. The van der Waals surface area contributed by atoms with Gasteiger partial charge in [-0.1, -0.05) is 26.7 Å². The van der Waals surface area contributed by atoms with Gasteiger partial charge >= 0.3 is 0 Å². The van der Waals surface area contributed by atoms with Crippen LogP contribution in [0.3, 0.4) is 0 Å². The molecule has 2 aliphatic rings. The van der Waals surface area contributed by atoms with Crippen molar-refractivity contribution in [2.75, 3.05) is 13.1 Å². The van der Waals surface area contributed by atoms with E-state index in [-0.39, 0.29) is 11.3 Å². The highest BCUT2D eigenvalue weighted by molar-refractivity contribution is 5.79. The number of aromatic nitrogens is 1. The topological polar surface area (TPSA) is 45.2 Å². The smallest absolute Gasteiger partial charge is 0.223 e. The summed E-state index contributed by atoms with van der Waals surface area (Å²) in [6.45, 7) is 7.61. The zero-order chi connectivity index (χ0) is 17.0. The minimum Gasteiger partial charge on any atom is -0.353 e. The van der Waals surface area contributed by atoms with Gasteiger partial charge in [0.15, 0.2) is 0 Å². The summed E-state index contributed by atoms with van der Waals surface area (Å²) in [6, 6.07) is 4.52. The van der Waals surface area contributed by atoms with Gasteiger partial charge in [-0.15, -0.1) is 0 Å². The first-order chi connectivity index (χ1) is 11.5. The third kappa shape index (κ3) is 4.35. The SMILES string of the molecule is CC1(C)CCCCC1C(=O)NC1CCN(Cc2ccncc2)CC1. The number of piperidine rings is 1. The number of hydrogen-bond donors (Lipinski definition) is 1. The Balaban J connectivity index is 1.46. The number of rotatable bonds is 4. The molecule has 0 spiro atoms. The number of likely N-dealkylation sites (tertiary alicyclic amines) is 1. The summed E-state index contributed by atoms with van der Waals surface area (Å²) >= 11 is 0. The average molecular weight is 329 g/mol. The van der Waals surface area contributed by atoms with Crippen LogP contribution in [0.5, 0.6) is 0 Å². The second-order valence-electron chi connectivity index (χ2n) is 8.20. The van der Waals surface area contributed by atoms with Gasteiger partial charge in [-0.25, -0.2) is 0 Å². The molecule has 1 unspecified atom stereocenters. The summed E-state index contributed by atoms with van der Waals surface area (Å²) in [4.78, 5) is 19.3. The lowest BCUT2D eigenvalue weighted by molar-refractivity contribution is -0.131. The molecule has 24 heavy (non-hydrogen) atoms. The van der Waals surface area contributed by atoms with E-state index in [0.717, 1.165) is 38.9 Å². The normalized spacial score (nSPS) is 25.3. The molecule has 1 aliphatic carbocycles. The Morgan fingerprint density at radius 1 is 1.21 bits per heavy atom. The Hall–Kier alpha value is -1.42. The summed E-state index contributed by atoms with van der Waals surface area (Å²) < 4.78 is 0. The molecule has 1 saturated heterocycles. The highest BCUT2D eigenvalue weighted by atomic mass is 16.2. The first-order valence-electron chi connectivity index (χ1n) is 9.46. The molecule has 4 nitrogen and oxygen atoms in total. The Bertz CT molecular complexity index is 535. The van der Waals surface area contributed by atoms with Gasteiger partial charge < -0.3 is 5.32 Å². The quantitative estimate of drug-likeness (QED) is 0.921. The van der Waals surface area contributed by atoms with Crippen LogP contribution in [0.4, 0.5) is 0 Å².